The Kier molecular flexibility index (Phi) is 4.81. The van der Waals surface area contributed by atoms with Crippen molar-refractivity contribution in [1.82, 2.24) is 5.32 Å². The fourth-order valence-corrected chi connectivity index (χ4v) is 2.39. The Morgan fingerprint density at radius 3 is 2.75 bits per heavy atom. The summed E-state index contributed by atoms with van der Waals surface area (Å²) in [6, 6.07) is 7.57. The Hall–Kier alpha value is -1.36. The van der Waals surface area contributed by atoms with Crippen molar-refractivity contribution in [2.45, 2.75) is 31.6 Å². The van der Waals surface area contributed by atoms with Crippen LogP contribution in [0, 0.1) is 0 Å². The quantitative estimate of drug-likeness (QED) is 0.927. The van der Waals surface area contributed by atoms with Gasteiger partial charge in [0.2, 0.25) is 5.91 Å². The van der Waals surface area contributed by atoms with E-state index in [0.717, 1.165) is 11.5 Å². The maximum atomic E-state index is 11.7. The molecule has 1 aromatic rings. The van der Waals surface area contributed by atoms with Gasteiger partial charge in [-0.1, -0.05) is 32.9 Å². The maximum absolute atomic E-state index is 11.7. The molecule has 1 aliphatic heterocycles. The monoisotopic (exact) mass is 295 g/mol. The molecule has 1 unspecified atom stereocenters. The van der Waals surface area contributed by atoms with Crippen LogP contribution in [-0.4, -0.2) is 35.7 Å². The van der Waals surface area contributed by atoms with Crippen molar-refractivity contribution in [3.63, 3.8) is 0 Å². The lowest BCUT2D eigenvalue weighted by atomic mass is 10.2. The lowest BCUT2D eigenvalue weighted by Gasteiger charge is -2.26. The Balaban J connectivity index is 1.75. The van der Waals surface area contributed by atoms with E-state index in [2.05, 4.69) is 26.1 Å². The number of hydrogen-bond acceptors (Lipinski definition) is 4. The number of rotatable bonds is 4. The number of benzene rings is 1. The number of fused-ring (bicyclic) bond motifs is 1. The molecule has 0 radical (unpaired) electrons. The van der Waals surface area contributed by atoms with E-state index in [-0.39, 0.29) is 16.8 Å². The van der Waals surface area contributed by atoms with Crippen molar-refractivity contribution in [2.24, 2.45) is 0 Å². The number of carbonyl (C=O) groups is 1. The summed E-state index contributed by atoms with van der Waals surface area (Å²) in [5.41, 5.74) is 0. The van der Waals surface area contributed by atoms with E-state index in [0.29, 0.717) is 18.9 Å². The van der Waals surface area contributed by atoms with Gasteiger partial charge in [-0.25, -0.2) is 0 Å². The summed E-state index contributed by atoms with van der Waals surface area (Å²) >= 11 is 1.63. The topological polar surface area (TPSA) is 47.6 Å². The first kappa shape index (κ1) is 15.0. The molecule has 1 aromatic carbocycles. The number of nitrogens with one attached hydrogen (secondary N) is 1. The van der Waals surface area contributed by atoms with E-state index in [1.165, 1.54) is 0 Å². The molecule has 1 aliphatic rings. The van der Waals surface area contributed by atoms with E-state index in [4.69, 9.17) is 9.47 Å². The Morgan fingerprint density at radius 1 is 1.35 bits per heavy atom. The van der Waals surface area contributed by atoms with Crippen molar-refractivity contribution in [2.75, 3.05) is 18.9 Å². The minimum Gasteiger partial charge on any atom is -0.486 e. The lowest BCUT2D eigenvalue weighted by molar-refractivity contribution is -0.119. The Morgan fingerprint density at radius 2 is 2.05 bits per heavy atom. The highest BCUT2D eigenvalue weighted by molar-refractivity contribution is 8.01. The van der Waals surface area contributed by atoms with Crippen LogP contribution in [0.4, 0.5) is 0 Å². The summed E-state index contributed by atoms with van der Waals surface area (Å²) < 4.78 is 11.5. The zero-order valence-electron chi connectivity index (χ0n) is 12.1. The molecule has 2 rings (SSSR count). The zero-order chi connectivity index (χ0) is 14.6. The molecule has 110 valence electrons. The van der Waals surface area contributed by atoms with Gasteiger partial charge >= 0.3 is 0 Å². The smallest absolute Gasteiger partial charge is 0.230 e. The first-order valence-electron chi connectivity index (χ1n) is 6.73. The maximum Gasteiger partial charge on any atom is 0.230 e. The lowest BCUT2D eigenvalue weighted by Crippen LogP contribution is -2.41. The minimum absolute atomic E-state index is 0.0346. The van der Waals surface area contributed by atoms with Crippen LogP contribution in [0.3, 0.4) is 0 Å². The molecule has 1 heterocycles. The number of ether oxygens (including phenoxy) is 2. The predicted octanol–water partition coefficient (Wildman–Crippen LogP) is 2.47. The highest BCUT2D eigenvalue weighted by atomic mass is 32.2. The normalized spacial score (nSPS) is 17.6. The van der Waals surface area contributed by atoms with Crippen LogP contribution in [0.2, 0.25) is 0 Å². The van der Waals surface area contributed by atoms with Crippen LogP contribution >= 0.6 is 11.8 Å². The second kappa shape index (κ2) is 6.39. The van der Waals surface area contributed by atoms with Gasteiger partial charge in [-0.05, 0) is 12.1 Å². The molecule has 1 N–H and O–H groups in total. The van der Waals surface area contributed by atoms with Gasteiger partial charge < -0.3 is 14.8 Å². The van der Waals surface area contributed by atoms with Crippen LogP contribution in [0.15, 0.2) is 24.3 Å². The van der Waals surface area contributed by atoms with Gasteiger partial charge in [-0.3, -0.25) is 4.79 Å². The molecule has 0 spiro atoms. The summed E-state index contributed by atoms with van der Waals surface area (Å²) in [6.07, 6.45) is -0.131. The second-order valence-electron chi connectivity index (χ2n) is 5.70. The number of amides is 1. The molecule has 0 saturated carbocycles. The van der Waals surface area contributed by atoms with Gasteiger partial charge in [-0.2, -0.15) is 0 Å². The number of para-hydroxylation sites is 2. The van der Waals surface area contributed by atoms with Crippen LogP contribution < -0.4 is 14.8 Å². The highest BCUT2D eigenvalue weighted by Crippen LogP contribution is 2.30. The molecule has 0 bridgehead atoms. The summed E-state index contributed by atoms with van der Waals surface area (Å²) in [4.78, 5) is 11.7. The van der Waals surface area contributed by atoms with Crippen molar-refractivity contribution < 1.29 is 14.3 Å². The van der Waals surface area contributed by atoms with E-state index < -0.39 is 0 Å². The number of thioether (sulfide) groups is 1. The van der Waals surface area contributed by atoms with Crippen molar-refractivity contribution >= 4 is 17.7 Å². The Labute approximate surface area is 124 Å². The minimum atomic E-state index is -0.131. The molecular weight excluding hydrogens is 274 g/mol. The molecule has 0 aromatic heterocycles. The molecule has 1 atom stereocenters. The third-order valence-electron chi connectivity index (χ3n) is 2.73. The standard InChI is InChI=1S/C15H21NO3S/c1-15(2,3)20-10-14(17)16-8-11-9-18-12-6-4-5-7-13(12)19-11/h4-7,11H,8-10H2,1-3H3,(H,16,17). The molecular formula is C15H21NO3S. The highest BCUT2D eigenvalue weighted by Gasteiger charge is 2.21. The summed E-state index contributed by atoms with van der Waals surface area (Å²) in [7, 11) is 0. The average molecular weight is 295 g/mol. The van der Waals surface area contributed by atoms with E-state index in [1.54, 1.807) is 11.8 Å². The number of carbonyl (C=O) groups excluding carboxylic acids is 1. The van der Waals surface area contributed by atoms with Crippen molar-refractivity contribution in [3.05, 3.63) is 24.3 Å². The van der Waals surface area contributed by atoms with Crippen LogP contribution in [0.25, 0.3) is 0 Å². The molecule has 20 heavy (non-hydrogen) atoms. The van der Waals surface area contributed by atoms with Gasteiger partial charge in [0.25, 0.3) is 0 Å². The predicted molar refractivity (Wildman–Crippen MR) is 81.6 cm³/mol. The first-order chi connectivity index (χ1) is 9.44. The summed E-state index contributed by atoms with van der Waals surface area (Å²) in [6.45, 7) is 7.22. The second-order valence-corrected chi connectivity index (χ2v) is 7.50. The summed E-state index contributed by atoms with van der Waals surface area (Å²) in [5, 5.41) is 2.89. The average Bonchev–Trinajstić information content (AvgIpc) is 2.42. The molecule has 1 amide bonds. The fraction of sp³-hybridized carbons (Fsp3) is 0.533. The molecule has 0 saturated heterocycles. The first-order valence-corrected chi connectivity index (χ1v) is 7.72. The van der Waals surface area contributed by atoms with E-state index in [9.17, 15) is 4.79 Å². The van der Waals surface area contributed by atoms with Gasteiger partial charge in [0, 0.05) is 4.75 Å². The van der Waals surface area contributed by atoms with E-state index in [1.807, 2.05) is 24.3 Å². The molecule has 4 nitrogen and oxygen atoms in total. The van der Waals surface area contributed by atoms with Gasteiger partial charge in [0.05, 0.1) is 12.3 Å². The zero-order valence-corrected chi connectivity index (χ0v) is 13.0. The Bertz CT molecular complexity index is 470. The third kappa shape index (κ3) is 4.63. The molecule has 0 fully saturated rings. The fourth-order valence-electron chi connectivity index (χ4n) is 1.72. The van der Waals surface area contributed by atoms with Crippen molar-refractivity contribution in [3.8, 4) is 11.5 Å². The SMILES string of the molecule is CC(C)(C)SCC(=O)NCC1COc2ccccc2O1. The van der Waals surface area contributed by atoms with Gasteiger partial charge in [0.15, 0.2) is 11.5 Å². The van der Waals surface area contributed by atoms with Crippen LogP contribution in [-0.2, 0) is 4.79 Å². The molecule has 0 aliphatic carbocycles. The van der Waals surface area contributed by atoms with Crippen LogP contribution in [0.1, 0.15) is 20.8 Å². The third-order valence-corrected chi connectivity index (χ3v) is 4.00. The number of hydrogen-bond donors (Lipinski definition) is 1. The largest absolute Gasteiger partial charge is 0.486 e. The van der Waals surface area contributed by atoms with Gasteiger partial charge in [-0.15, -0.1) is 11.8 Å². The van der Waals surface area contributed by atoms with E-state index >= 15 is 0 Å². The molecule has 5 heteroatoms. The van der Waals surface area contributed by atoms with Gasteiger partial charge in [0.1, 0.15) is 12.7 Å². The van der Waals surface area contributed by atoms with Crippen molar-refractivity contribution in [1.29, 1.82) is 0 Å². The van der Waals surface area contributed by atoms with Crippen LogP contribution in [0.5, 0.6) is 11.5 Å². The summed E-state index contributed by atoms with van der Waals surface area (Å²) in [5.74, 6) is 2.00.